The van der Waals surface area contributed by atoms with Gasteiger partial charge in [-0.05, 0) is 91.9 Å². The van der Waals surface area contributed by atoms with Gasteiger partial charge in [0.25, 0.3) is 10.2 Å². The number of rotatable bonds is 14. The third-order valence-corrected chi connectivity index (χ3v) is 9.17. The zero-order chi connectivity index (χ0) is 33.6. The molecule has 0 aliphatic heterocycles. The Kier molecular flexibility index (Phi) is 10.6. The fraction of sp³-hybridized carbons (Fsp3) is 0.290. The van der Waals surface area contributed by atoms with E-state index in [2.05, 4.69) is 20.3 Å². The minimum atomic E-state index is -4.13. The Morgan fingerprint density at radius 1 is 0.935 bits per heavy atom. The van der Waals surface area contributed by atoms with Gasteiger partial charge in [-0.15, -0.1) is 0 Å². The van der Waals surface area contributed by atoms with Crippen LogP contribution >= 0.6 is 0 Å². The first-order valence-corrected chi connectivity index (χ1v) is 17.7. The molecule has 0 aliphatic carbocycles. The van der Waals surface area contributed by atoms with E-state index in [1.807, 2.05) is 26.8 Å². The summed E-state index contributed by atoms with van der Waals surface area (Å²) in [5, 5.41) is 12.8. The van der Waals surface area contributed by atoms with Crippen LogP contribution in [-0.2, 0) is 31.4 Å². The molecule has 15 heteroatoms. The number of ether oxygens (including phenoxy) is 2. The Balaban J connectivity index is 1.73. The topological polar surface area (TPSA) is 205 Å². The average Bonchev–Trinajstić information content (AvgIpc) is 2.98. The van der Waals surface area contributed by atoms with Crippen LogP contribution in [0.1, 0.15) is 44.9 Å². The number of nitrogens with zero attached hydrogens (tertiary/aromatic N) is 1. The van der Waals surface area contributed by atoms with Crippen LogP contribution in [0.15, 0.2) is 71.8 Å². The third kappa shape index (κ3) is 8.56. The van der Waals surface area contributed by atoms with Crippen molar-refractivity contribution in [2.75, 3.05) is 28.1 Å². The van der Waals surface area contributed by atoms with Gasteiger partial charge < -0.3 is 25.8 Å². The number of carbonyl (C=O) groups excluding carboxylic acids is 1. The molecule has 1 atom stereocenters. The molecule has 1 unspecified atom stereocenters. The maximum absolute atomic E-state index is 14.0. The summed E-state index contributed by atoms with van der Waals surface area (Å²) in [6, 6.07) is 15.3. The number of amides is 1. The minimum Gasteiger partial charge on any atom is -0.490 e. The lowest BCUT2D eigenvalue weighted by molar-refractivity contribution is -0.122. The zero-order valence-corrected chi connectivity index (χ0v) is 27.5. The normalized spacial score (nSPS) is 12.5. The monoisotopic (exact) mass is 670 g/mol. The van der Waals surface area contributed by atoms with Gasteiger partial charge >= 0.3 is 0 Å². The highest BCUT2D eigenvalue weighted by Crippen LogP contribution is 2.34. The Bertz CT molecular complexity index is 1950. The van der Waals surface area contributed by atoms with Gasteiger partial charge in [-0.2, -0.15) is 8.42 Å². The van der Waals surface area contributed by atoms with Crippen LogP contribution in [0, 0.1) is 0 Å². The number of nitrogens with one attached hydrogen (secondary N) is 3. The molecule has 4 rings (SSSR count). The number of aromatic nitrogens is 1. The highest BCUT2D eigenvalue weighted by Gasteiger charge is 2.25. The molecular formula is C31H38N6O7S2. The van der Waals surface area contributed by atoms with E-state index in [0.29, 0.717) is 35.2 Å². The van der Waals surface area contributed by atoms with E-state index in [-0.39, 0.29) is 34.5 Å². The lowest BCUT2D eigenvalue weighted by atomic mass is 10.0. The molecule has 0 fully saturated rings. The number of fused-ring (bicyclic) bond motifs is 1. The van der Waals surface area contributed by atoms with E-state index in [4.69, 9.17) is 20.3 Å². The molecule has 0 saturated carbocycles. The summed E-state index contributed by atoms with van der Waals surface area (Å²) in [4.78, 5) is 18.0. The molecule has 0 spiro atoms. The Hall–Kier alpha value is -4.60. The van der Waals surface area contributed by atoms with E-state index >= 15 is 0 Å². The summed E-state index contributed by atoms with van der Waals surface area (Å²) < 4.78 is 62.9. The van der Waals surface area contributed by atoms with Crippen LogP contribution in [0.2, 0.25) is 0 Å². The summed E-state index contributed by atoms with van der Waals surface area (Å²) in [7, 11) is -7.86. The van der Waals surface area contributed by atoms with Crippen molar-refractivity contribution in [3.8, 4) is 11.5 Å². The van der Waals surface area contributed by atoms with Gasteiger partial charge in [-0.25, -0.2) is 18.5 Å². The second kappa shape index (κ2) is 14.2. The van der Waals surface area contributed by atoms with Crippen molar-refractivity contribution in [1.82, 2.24) is 10.3 Å². The quantitative estimate of drug-likeness (QED) is 0.131. The second-order valence-electron chi connectivity index (χ2n) is 10.6. The zero-order valence-electron chi connectivity index (χ0n) is 25.9. The van der Waals surface area contributed by atoms with Gasteiger partial charge in [0.1, 0.15) is 11.9 Å². The van der Waals surface area contributed by atoms with Crippen LogP contribution in [0.3, 0.4) is 0 Å². The van der Waals surface area contributed by atoms with Crippen molar-refractivity contribution < 1.29 is 31.1 Å². The fourth-order valence-corrected chi connectivity index (χ4v) is 6.34. The van der Waals surface area contributed by atoms with E-state index in [1.54, 1.807) is 42.6 Å². The first kappa shape index (κ1) is 34.3. The molecule has 0 bridgehead atoms. The molecule has 1 heterocycles. The SMILES string of the molecule is CCOc1cc(C(Nc2ccc3c(N)nccc3c2)C(=O)NCc2cc(NS(N)(=O)=O)ccc2S(=O)(=O)CC)ccc1OC(C)C. The molecule has 46 heavy (non-hydrogen) atoms. The Labute approximate surface area is 268 Å². The number of sulfone groups is 1. The number of anilines is 3. The Morgan fingerprint density at radius 2 is 1.67 bits per heavy atom. The van der Waals surface area contributed by atoms with Crippen LogP contribution in [0.5, 0.6) is 11.5 Å². The average molecular weight is 671 g/mol. The number of nitrogens with two attached hydrogens (primary N) is 2. The summed E-state index contributed by atoms with van der Waals surface area (Å²) in [5.41, 5.74) is 7.38. The van der Waals surface area contributed by atoms with Crippen molar-refractivity contribution in [1.29, 1.82) is 0 Å². The molecule has 4 aromatic rings. The van der Waals surface area contributed by atoms with Crippen molar-refractivity contribution in [3.63, 3.8) is 0 Å². The third-order valence-electron chi connectivity index (χ3n) is 6.82. The van der Waals surface area contributed by atoms with E-state index in [1.165, 1.54) is 25.1 Å². The van der Waals surface area contributed by atoms with Crippen molar-refractivity contribution in [2.45, 2.75) is 51.3 Å². The minimum absolute atomic E-state index is 0.0449. The molecule has 13 nitrogen and oxygen atoms in total. The van der Waals surface area contributed by atoms with Crippen LogP contribution in [0.25, 0.3) is 10.8 Å². The largest absolute Gasteiger partial charge is 0.490 e. The Morgan fingerprint density at radius 3 is 2.35 bits per heavy atom. The summed E-state index contributed by atoms with van der Waals surface area (Å²) in [6.45, 7) is 7.24. The number of pyridine rings is 1. The van der Waals surface area contributed by atoms with E-state index in [9.17, 15) is 21.6 Å². The van der Waals surface area contributed by atoms with E-state index < -0.39 is 32.0 Å². The van der Waals surface area contributed by atoms with Gasteiger partial charge in [0.05, 0.1) is 29.0 Å². The van der Waals surface area contributed by atoms with Gasteiger partial charge in [0.2, 0.25) is 5.91 Å². The van der Waals surface area contributed by atoms with Crippen LogP contribution in [0.4, 0.5) is 17.2 Å². The maximum atomic E-state index is 14.0. The summed E-state index contributed by atoms with van der Waals surface area (Å²) in [6.07, 6.45) is 1.48. The number of hydrogen-bond acceptors (Lipinski definition) is 10. The molecule has 246 valence electrons. The molecule has 0 saturated heterocycles. The predicted molar refractivity (Wildman–Crippen MR) is 179 cm³/mol. The summed E-state index contributed by atoms with van der Waals surface area (Å²) in [5.74, 6) is 0.634. The summed E-state index contributed by atoms with van der Waals surface area (Å²) >= 11 is 0. The first-order chi connectivity index (χ1) is 21.7. The fourth-order valence-electron chi connectivity index (χ4n) is 4.77. The molecular weight excluding hydrogens is 633 g/mol. The van der Waals surface area contributed by atoms with Crippen molar-refractivity contribution in [3.05, 3.63) is 78.0 Å². The van der Waals surface area contributed by atoms with E-state index in [0.717, 1.165) is 10.8 Å². The highest BCUT2D eigenvalue weighted by molar-refractivity contribution is 7.91. The maximum Gasteiger partial charge on any atom is 0.296 e. The van der Waals surface area contributed by atoms with Crippen LogP contribution < -0.4 is 35.7 Å². The van der Waals surface area contributed by atoms with Crippen molar-refractivity contribution in [2.24, 2.45) is 5.14 Å². The van der Waals surface area contributed by atoms with Gasteiger partial charge in [-0.1, -0.05) is 13.0 Å². The smallest absolute Gasteiger partial charge is 0.296 e. The first-order valence-electron chi connectivity index (χ1n) is 14.5. The number of nitrogen functional groups attached to an aromatic ring is 1. The van der Waals surface area contributed by atoms with Crippen LogP contribution in [-0.4, -0.2) is 46.2 Å². The highest BCUT2D eigenvalue weighted by atomic mass is 32.2. The number of benzene rings is 3. The second-order valence-corrected chi connectivity index (χ2v) is 14.1. The molecule has 7 N–H and O–H groups in total. The number of carbonyl (C=O) groups is 1. The lowest BCUT2D eigenvalue weighted by Crippen LogP contribution is -2.33. The lowest BCUT2D eigenvalue weighted by Gasteiger charge is -2.23. The predicted octanol–water partition coefficient (Wildman–Crippen LogP) is 3.88. The van der Waals surface area contributed by atoms with Gasteiger partial charge in [0, 0.05) is 23.8 Å². The van der Waals surface area contributed by atoms with Crippen molar-refractivity contribution >= 4 is 53.9 Å². The molecule has 3 aromatic carbocycles. The standard InChI is InChI=1S/C31H38N6O7S2/c1-5-43-27-17-21(7-11-26(27)44-19(3)4)29(36-23-8-10-25-20(15-23)13-14-34-30(25)32)31(38)35-18-22-16-24(37-46(33,41)42)9-12-28(22)45(39,40)6-2/h7-17,19,29,36-37H,5-6,18H2,1-4H3,(H2,32,34)(H,35,38)(H2,33,41,42). The van der Waals surface area contributed by atoms with Gasteiger partial charge in [0.15, 0.2) is 21.3 Å². The molecule has 0 radical (unpaired) electrons. The molecule has 1 amide bonds. The van der Waals surface area contributed by atoms with Gasteiger partial charge in [-0.3, -0.25) is 9.52 Å². The molecule has 0 aliphatic rings. The molecule has 1 aromatic heterocycles. The number of hydrogen-bond donors (Lipinski definition) is 5.